The van der Waals surface area contributed by atoms with Gasteiger partial charge < -0.3 is 4.74 Å². The summed E-state index contributed by atoms with van der Waals surface area (Å²) >= 11 is 0. The van der Waals surface area contributed by atoms with Crippen LogP contribution < -0.4 is 4.74 Å². The van der Waals surface area contributed by atoms with Gasteiger partial charge in [-0.05, 0) is 24.5 Å². The summed E-state index contributed by atoms with van der Waals surface area (Å²) in [5, 5.41) is 8.03. The van der Waals surface area contributed by atoms with Crippen LogP contribution in [0.2, 0.25) is 0 Å². The molecule has 0 unspecified atom stereocenters. The van der Waals surface area contributed by atoms with Crippen LogP contribution in [0.3, 0.4) is 0 Å². The lowest BCUT2D eigenvalue weighted by molar-refractivity contribution is 0.403. The van der Waals surface area contributed by atoms with E-state index in [4.69, 9.17) is 4.74 Å². The first-order valence-electron chi connectivity index (χ1n) is 5.02. The van der Waals surface area contributed by atoms with E-state index < -0.39 is 0 Å². The molecule has 0 aliphatic carbocycles. The summed E-state index contributed by atoms with van der Waals surface area (Å²) in [6.07, 6.45) is 1.74. The fourth-order valence-corrected chi connectivity index (χ4v) is 1.86. The van der Waals surface area contributed by atoms with Gasteiger partial charge in [0.15, 0.2) is 5.65 Å². The van der Waals surface area contributed by atoms with Gasteiger partial charge in [0.1, 0.15) is 12.1 Å². The molecule has 0 saturated carbocycles. The smallest absolute Gasteiger partial charge is 0.163 e. The number of aryl methyl sites for hydroxylation is 1. The summed E-state index contributed by atoms with van der Waals surface area (Å²) in [5.41, 5.74) is 3.09. The van der Waals surface area contributed by atoms with Crippen LogP contribution in [0.15, 0.2) is 12.4 Å². The molecule has 0 bridgehead atoms. The number of fused-ring (bicyclic) bond motifs is 1. The Hall–Kier alpha value is -1.58. The number of rotatable bonds is 2. The van der Waals surface area contributed by atoms with E-state index in [0.717, 1.165) is 22.7 Å². The molecule has 4 nitrogen and oxygen atoms in total. The van der Waals surface area contributed by atoms with Crippen molar-refractivity contribution in [2.45, 2.75) is 26.7 Å². The molecule has 4 heteroatoms. The van der Waals surface area contributed by atoms with Crippen LogP contribution in [0, 0.1) is 6.92 Å². The van der Waals surface area contributed by atoms with Crippen molar-refractivity contribution < 1.29 is 4.74 Å². The highest BCUT2D eigenvalue weighted by atomic mass is 16.5. The van der Waals surface area contributed by atoms with Crippen molar-refractivity contribution in [1.82, 2.24) is 14.6 Å². The number of pyridine rings is 1. The molecule has 0 aliphatic rings. The van der Waals surface area contributed by atoms with Crippen molar-refractivity contribution in [3.8, 4) is 5.75 Å². The molecule has 0 saturated heterocycles. The molecule has 0 atom stereocenters. The van der Waals surface area contributed by atoms with Crippen LogP contribution in [0.5, 0.6) is 5.75 Å². The summed E-state index contributed by atoms with van der Waals surface area (Å²) in [5.74, 6) is 1.27. The minimum atomic E-state index is 0.374. The summed E-state index contributed by atoms with van der Waals surface area (Å²) in [7, 11) is 1.69. The molecule has 0 aliphatic heterocycles. The number of hydrogen-bond acceptors (Lipinski definition) is 3. The molecule has 0 radical (unpaired) electrons. The Labute approximate surface area is 88.9 Å². The topological polar surface area (TPSA) is 39.4 Å². The summed E-state index contributed by atoms with van der Waals surface area (Å²) in [4.78, 5) is 0. The van der Waals surface area contributed by atoms with E-state index in [0.29, 0.717) is 5.92 Å². The van der Waals surface area contributed by atoms with Crippen molar-refractivity contribution in [3.05, 3.63) is 23.7 Å². The predicted molar refractivity (Wildman–Crippen MR) is 58.4 cm³/mol. The second-order valence-corrected chi connectivity index (χ2v) is 3.96. The lowest BCUT2D eigenvalue weighted by Gasteiger charge is -2.14. The maximum absolute atomic E-state index is 5.39. The van der Waals surface area contributed by atoms with Gasteiger partial charge in [0, 0.05) is 0 Å². The first-order valence-corrected chi connectivity index (χ1v) is 5.02. The molecule has 0 fully saturated rings. The first-order chi connectivity index (χ1) is 7.15. The Kier molecular flexibility index (Phi) is 2.34. The Bertz CT molecular complexity index is 488. The van der Waals surface area contributed by atoms with Crippen molar-refractivity contribution in [1.29, 1.82) is 0 Å². The van der Waals surface area contributed by atoms with Crippen LogP contribution in [0.4, 0.5) is 0 Å². The molecule has 2 rings (SSSR count). The van der Waals surface area contributed by atoms with E-state index in [1.807, 2.05) is 17.4 Å². The van der Waals surface area contributed by atoms with Gasteiger partial charge in [0.05, 0.1) is 12.8 Å². The molecule has 0 spiro atoms. The highest BCUT2D eigenvalue weighted by molar-refractivity contribution is 5.52. The van der Waals surface area contributed by atoms with Crippen molar-refractivity contribution in [2.75, 3.05) is 7.11 Å². The highest BCUT2D eigenvalue weighted by Gasteiger charge is 2.14. The van der Waals surface area contributed by atoms with Crippen LogP contribution in [-0.4, -0.2) is 21.7 Å². The van der Waals surface area contributed by atoms with Crippen molar-refractivity contribution in [2.24, 2.45) is 0 Å². The number of aromatic nitrogens is 3. The molecule has 0 amide bonds. The summed E-state index contributed by atoms with van der Waals surface area (Å²) in [6, 6.07) is 2.01. The molecular weight excluding hydrogens is 190 g/mol. The van der Waals surface area contributed by atoms with Crippen molar-refractivity contribution >= 4 is 5.65 Å². The van der Waals surface area contributed by atoms with Gasteiger partial charge in [-0.15, -0.1) is 10.2 Å². The van der Waals surface area contributed by atoms with Gasteiger partial charge in [-0.3, -0.25) is 4.40 Å². The van der Waals surface area contributed by atoms with Gasteiger partial charge in [0.2, 0.25) is 0 Å². The average Bonchev–Trinajstić information content (AvgIpc) is 2.65. The first kappa shape index (κ1) is 9.96. The van der Waals surface area contributed by atoms with Gasteiger partial charge in [0.25, 0.3) is 0 Å². The zero-order valence-corrected chi connectivity index (χ0v) is 9.48. The van der Waals surface area contributed by atoms with Gasteiger partial charge in [-0.1, -0.05) is 13.8 Å². The molecule has 0 aromatic carbocycles. The highest BCUT2D eigenvalue weighted by Crippen LogP contribution is 2.28. The Balaban J connectivity index is 2.83. The van der Waals surface area contributed by atoms with Crippen molar-refractivity contribution in [3.63, 3.8) is 0 Å². The average molecular weight is 205 g/mol. The second kappa shape index (κ2) is 3.53. The largest absolute Gasteiger partial charge is 0.495 e. The third-order valence-electron chi connectivity index (χ3n) is 2.53. The van der Waals surface area contributed by atoms with E-state index in [2.05, 4.69) is 24.0 Å². The van der Waals surface area contributed by atoms with Crippen LogP contribution >= 0.6 is 0 Å². The maximum atomic E-state index is 5.39. The van der Waals surface area contributed by atoms with E-state index in [1.54, 1.807) is 13.4 Å². The fourth-order valence-electron chi connectivity index (χ4n) is 1.86. The fraction of sp³-hybridized carbons (Fsp3) is 0.455. The zero-order valence-electron chi connectivity index (χ0n) is 9.48. The number of methoxy groups -OCH3 is 1. The Morgan fingerprint density at radius 2 is 2.13 bits per heavy atom. The quantitative estimate of drug-likeness (QED) is 0.754. The zero-order chi connectivity index (χ0) is 11.0. The Morgan fingerprint density at radius 1 is 1.40 bits per heavy atom. The third kappa shape index (κ3) is 1.46. The molecule has 2 aromatic rings. The minimum absolute atomic E-state index is 0.374. The monoisotopic (exact) mass is 205 g/mol. The number of nitrogens with zero attached hydrogens (tertiary/aromatic N) is 3. The molecule has 2 aromatic heterocycles. The predicted octanol–water partition coefficient (Wildman–Crippen LogP) is 2.17. The van der Waals surface area contributed by atoms with E-state index in [1.165, 1.54) is 0 Å². The van der Waals surface area contributed by atoms with E-state index >= 15 is 0 Å². The molecule has 80 valence electrons. The van der Waals surface area contributed by atoms with Gasteiger partial charge >= 0.3 is 0 Å². The van der Waals surface area contributed by atoms with Crippen LogP contribution in [-0.2, 0) is 0 Å². The molecule has 2 heterocycles. The third-order valence-corrected chi connectivity index (χ3v) is 2.53. The second-order valence-electron chi connectivity index (χ2n) is 3.96. The molecular formula is C11H15N3O. The normalized spacial score (nSPS) is 11.3. The molecule has 0 N–H and O–H groups in total. The number of ether oxygens (including phenoxy) is 1. The van der Waals surface area contributed by atoms with Gasteiger partial charge in [-0.2, -0.15) is 0 Å². The lowest BCUT2D eigenvalue weighted by Crippen LogP contribution is -2.03. The standard InChI is InChI=1S/C11H15N3O/c1-7(2)10-9(15-4)5-8(3)11-13-12-6-14(10)11/h5-7H,1-4H3. The van der Waals surface area contributed by atoms with E-state index in [9.17, 15) is 0 Å². The SMILES string of the molecule is COc1cc(C)c2nncn2c1C(C)C. The van der Waals surface area contributed by atoms with E-state index in [-0.39, 0.29) is 0 Å². The Morgan fingerprint density at radius 3 is 2.73 bits per heavy atom. The number of hydrogen-bond donors (Lipinski definition) is 0. The van der Waals surface area contributed by atoms with Crippen LogP contribution in [0.25, 0.3) is 5.65 Å². The van der Waals surface area contributed by atoms with Crippen LogP contribution in [0.1, 0.15) is 31.0 Å². The summed E-state index contributed by atoms with van der Waals surface area (Å²) < 4.78 is 7.39. The minimum Gasteiger partial charge on any atom is -0.495 e. The lowest BCUT2D eigenvalue weighted by atomic mass is 10.1. The summed E-state index contributed by atoms with van der Waals surface area (Å²) in [6.45, 7) is 6.27. The maximum Gasteiger partial charge on any atom is 0.163 e. The van der Waals surface area contributed by atoms with Gasteiger partial charge in [-0.25, -0.2) is 0 Å². The molecule has 15 heavy (non-hydrogen) atoms.